The van der Waals surface area contributed by atoms with Crippen molar-refractivity contribution in [3.63, 3.8) is 0 Å². The zero-order chi connectivity index (χ0) is 20.2. The molecule has 0 amide bonds. The number of nitrogens with zero attached hydrogens (tertiary/aromatic N) is 3. The molecular weight excluding hydrogens is 388 g/mol. The second-order valence-corrected chi connectivity index (χ2v) is 8.11. The second-order valence-electron chi connectivity index (χ2n) is 7.75. The Morgan fingerprint density at radius 1 is 1.36 bits per heavy atom. The number of carbonyl (C=O) groups is 1. The maximum atomic E-state index is 11.9. The molecule has 0 spiro atoms. The van der Waals surface area contributed by atoms with Crippen molar-refractivity contribution < 1.29 is 23.7 Å². The Morgan fingerprint density at radius 3 is 2.79 bits per heavy atom. The van der Waals surface area contributed by atoms with Gasteiger partial charge < -0.3 is 29.2 Å². The zero-order valence-corrected chi connectivity index (χ0v) is 16.8. The van der Waals surface area contributed by atoms with E-state index in [1.165, 1.54) is 0 Å². The number of nitrogens with two attached hydrogens (primary N) is 1. The van der Waals surface area contributed by atoms with Gasteiger partial charge in [-0.05, 0) is 19.9 Å². The minimum Gasteiger partial charge on any atom is -0.463 e. The van der Waals surface area contributed by atoms with Gasteiger partial charge in [-0.25, -0.2) is 4.98 Å². The van der Waals surface area contributed by atoms with Gasteiger partial charge in [0.2, 0.25) is 5.95 Å². The summed E-state index contributed by atoms with van der Waals surface area (Å²) < 4.78 is 25.5. The predicted octanol–water partition coefficient (Wildman–Crippen LogP) is 2.28. The predicted molar refractivity (Wildman–Crippen MR) is 100 cm³/mol. The summed E-state index contributed by atoms with van der Waals surface area (Å²) in [5, 5.41) is 0.922. The number of hydrogen-bond acceptors (Lipinski definition) is 8. The third-order valence-corrected chi connectivity index (χ3v) is 5.09. The van der Waals surface area contributed by atoms with E-state index in [1.54, 1.807) is 30.7 Å². The first-order chi connectivity index (χ1) is 13.2. The molecule has 0 radical (unpaired) electrons. The summed E-state index contributed by atoms with van der Waals surface area (Å²) >= 11 is 6.18. The molecule has 2 aromatic heterocycles. The molecule has 2 fully saturated rings. The van der Waals surface area contributed by atoms with E-state index >= 15 is 0 Å². The van der Waals surface area contributed by atoms with Crippen molar-refractivity contribution in [1.82, 2.24) is 14.5 Å². The van der Waals surface area contributed by atoms with Gasteiger partial charge in [0.25, 0.3) is 0 Å². The Labute approximate surface area is 167 Å². The van der Waals surface area contributed by atoms with Crippen molar-refractivity contribution in [3.8, 4) is 0 Å². The molecule has 0 bridgehead atoms. The Balaban J connectivity index is 1.65. The van der Waals surface area contributed by atoms with Gasteiger partial charge in [0, 0.05) is 6.20 Å². The van der Waals surface area contributed by atoms with Gasteiger partial charge in [-0.2, -0.15) is 4.98 Å². The number of esters is 1. The molecule has 0 aliphatic carbocycles. The summed E-state index contributed by atoms with van der Waals surface area (Å²) in [6, 6.07) is 1.79. The fraction of sp³-hybridized carbons (Fsp3) is 0.611. The van der Waals surface area contributed by atoms with Crippen molar-refractivity contribution in [2.24, 2.45) is 5.92 Å². The Bertz CT molecular complexity index is 915. The molecule has 0 unspecified atom stereocenters. The van der Waals surface area contributed by atoms with E-state index < -0.39 is 30.3 Å². The van der Waals surface area contributed by atoms with Crippen LogP contribution in [0.4, 0.5) is 5.95 Å². The second kappa shape index (κ2) is 6.84. The van der Waals surface area contributed by atoms with Crippen LogP contribution in [0.15, 0.2) is 12.3 Å². The largest absolute Gasteiger partial charge is 0.463 e. The Hall–Kier alpha value is -1.94. The van der Waals surface area contributed by atoms with Crippen LogP contribution in [0, 0.1) is 5.92 Å². The third kappa shape index (κ3) is 3.32. The number of carbonyl (C=O) groups excluding carboxylic acids is 1. The highest BCUT2D eigenvalue weighted by Gasteiger charge is 2.56. The fourth-order valence-electron chi connectivity index (χ4n) is 3.57. The number of ether oxygens (including phenoxy) is 4. The molecule has 9 nitrogen and oxygen atoms in total. The van der Waals surface area contributed by atoms with E-state index in [4.69, 9.17) is 36.3 Å². The summed E-state index contributed by atoms with van der Waals surface area (Å²) in [6.45, 7) is 7.31. The third-order valence-electron chi connectivity index (χ3n) is 4.80. The Kier molecular flexibility index (Phi) is 4.73. The summed E-state index contributed by atoms with van der Waals surface area (Å²) in [4.78, 5) is 20.2. The lowest BCUT2D eigenvalue weighted by Gasteiger charge is -2.25. The normalized spacial score (nSPS) is 28.8. The lowest BCUT2D eigenvalue weighted by molar-refractivity contribution is -0.202. The molecule has 4 heterocycles. The van der Waals surface area contributed by atoms with Crippen LogP contribution < -0.4 is 5.73 Å². The van der Waals surface area contributed by atoms with Crippen LogP contribution in [0.1, 0.15) is 33.9 Å². The monoisotopic (exact) mass is 410 g/mol. The molecule has 4 atom stereocenters. The topological polar surface area (TPSA) is 111 Å². The Morgan fingerprint density at radius 2 is 2.07 bits per heavy atom. The smallest absolute Gasteiger partial charge is 0.308 e. The number of fused-ring (bicyclic) bond motifs is 2. The molecule has 2 saturated heterocycles. The first-order valence-corrected chi connectivity index (χ1v) is 9.51. The highest BCUT2D eigenvalue weighted by molar-refractivity contribution is 6.34. The van der Waals surface area contributed by atoms with Gasteiger partial charge in [-0.15, -0.1) is 0 Å². The van der Waals surface area contributed by atoms with Gasteiger partial charge in [0.05, 0.1) is 11.3 Å². The average Bonchev–Trinajstić information content (AvgIpc) is 3.23. The highest BCUT2D eigenvalue weighted by atomic mass is 35.5. The molecule has 28 heavy (non-hydrogen) atoms. The van der Waals surface area contributed by atoms with Crippen molar-refractivity contribution >= 4 is 34.6 Å². The summed E-state index contributed by atoms with van der Waals surface area (Å²) in [6.07, 6.45) is -0.0387. The first kappa shape index (κ1) is 19.4. The molecule has 2 aromatic rings. The lowest BCUT2D eigenvalue weighted by Crippen LogP contribution is -2.34. The molecule has 2 N–H and O–H groups in total. The van der Waals surface area contributed by atoms with Crippen molar-refractivity contribution in [2.75, 3.05) is 12.3 Å². The van der Waals surface area contributed by atoms with E-state index in [-0.39, 0.29) is 29.6 Å². The molecule has 152 valence electrons. The molecule has 4 rings (SSSR count). The maximum Gasteiger partial charge on any atom is 0.308 e. The molecule has 0 saturated carbocycles. The fourth-order valence-corrected chi connectivity index (χ4v) is 3.80. The van der Waals surface area contributed by atoms with E-state index in [2.05, 4.69) is 9.97 Å². The van der Waals surface area contributed by atoms with Crippen molar-refractivity contribution in [2.45, 2.75) is 58.0 Å². The van der Waals surface area contributed by atoms with Crippen LogP contribution in [0.2, 0.25) is 5.15 Å². The van der Waals surface area contributed by atoms with Gasteiger partial charge in [-0.1, -0.05) is 25.4 Å². The number of halogens is 1. The number of nitrogen functional groups attached to an aromatic ring is 1. The first-order valence-electron chi connectivity index (χ1n) is 9.13. The van der Waals surface area contributed by atoms with Crippen molar-refractivity contribution in [3.05, 3.63) is 17.4 Å². The van der Waals surface area contributed by atoms with Crippen LogP contribution in [-0.2, 0) is 23.7 Å². The van der Waals surface area contributed by atoms with Gasteiger partial charge >= 0.3 is 5.97 Å². The lowest BCUT2D eigenvalue weighted by atomic mass is 10.1. The highest BCUT2D eigenvalue weighted by Crippen LogP contribution is 2.44. The van der Waals surface area contributed by atoms with E-state index in [9.17, 15) is 4.79 Å². The average molecular weight is 411 g/mol. The van der Waals surface area contributed by atoms with Gasteiger partial charge in [0.1, 0.15) is 35.7 Å². The number of hydrogen-bond donors (Lipinski definition) is 1. The summed E-state index contributed by atoms with van der Waals surface area (Å²) in [5.74, 6) is -1.23. The van der Waals surface area contributed by atoms with Crippen LogP contribution in [-0.4, -0.2) is 51.2 Å². The molecule has 2 aliphatic heterocycles. The van der Waals surface area contributed by atoms with E-state index in [1.807, 2.05) is 13.8 Å². The number of aromatic nitrogens is 3. The van der Waals surface area contributed by atoms with Crippen LogP contribution in [0.3, 0.4) is 0 Å². The quantitative estimate of drug-likeness (QED) is 0.603. The standard InChI is InChI=1S/C18H23ClN4O5/c1-8(2)16(24)25-7-10-11-12(28-18(3,4)27-11)15(26-10)23-6-5-9-13(19)21-17(20)22-14(9)23/h5-6,8,10-12,15H,7H2,1-4H3,(H2,20,21,22)/t10-,11-,12-,15-/m1/s1. The summed E-state index contributed by atoms with van der Waals surface area (Å²) in [7, 11) is 0. The van der Waals surface area contributed by atoms with Crippen LogP contribution in [0.5, 0.6) is 0 Å². The molecule has 2 aliphatic rings. The van der Waals surface area contributed by atoms with Gasteiger partial charge in [-0.3, -0.25) is 4.79 Å². The molecule has 10 heteroatoms. The SMILES string of the molecule is CC(C)C(=O)OC[C@H]1O[C@@H](n2ccc3c(Cl)nc(N)nc32)[C@@H]2OC(C)(C)O[C@@H]21. The zero-order valence-electron chi connectivity index (χ0n) is 16.1. The minimum absolute atomic E-state index is 0.0679. The van der Waals surface area contributed by atoms with Crippen LogP contribution >= 0.6 is 11.6 Å². The number of anilines is 1. The van der Waals surface area contributed by atoms with Crippen LogP contribution in [0.25, 0.3) is 11.0 Å². The molecule has 0 aromatic carbocycles. The summed E-state index contributed by atoms with van der Waals surface area (Å²) in [5.41, 5.74) is 6.30. The molecular formula is C18H23ClN4O5. The van der Waals surface area contributed by atoms with Gasteiger partial charge in [0.15, 0.2) is 12.0 Å². The van der Waals surface area contributed by atoms with E-state index in [0.29, 0.717) is 11.0 Å². The maximum absolute atomic E-state index is 11.9. The van der Waals surface area contributed by atoms with E-state index in [0.717, 1.165) is 0 Å². The minimum atomic E-state index is -0.785. The van der Waals surface area contributed by atoms with Crippen molar-refractivity contribution in [1.29, 1.82) is 0 Å². The number of rotatable bonds is 4.